The number of benzene rings is 2. The Hall–Kier alpha value is -3.23. The van der Waals surface area contributed by atoms with E-state index in [-0.39, 0.29) is 0 Å². The van der Waals surface area contributed by atoms with Crippen LogP contribution in [0.15, 0.2) is 67.3 Å². The number of hydrogen-bond donors (Lipinski definition) is 1. The lowest BCUT2D eigenvalue weighted by molar-refractivity contribution is 0.636. The minimum atomic E-state index is 0.540. The third-order valence-electron chi connectivity index (χ3n) is 6.27. The zero-order valence-electron chi connectivity index (χ0n) is 19.4. The van der Waals surface area contributed by atoms with Crippen molar-refractivity contribution in [3.8, 4) is 11.1 Å². The van der Waals surface area contributed by atoms with E-state index in [1.54, 1.807) is 0 Å². The highest BCUT2D eigenvalue weighted by molar-refractivity contribution is 6.03. The molecule has 0 saturated heterocycles. The molecule has 2 N–H and O–H groups in total. The highest BCUT2D eigenvalue weighted by atomic mass is 14.7. The molecule has 4 rings (SSSR count). The highest BCUT2D eigenvalue weighted by Gasteiger charge is 2.14. The van der Waals surface area contributed by atoms with Crippen LogP contribution in [-0.2, 0) is 6.54 Å². The first-order valence-corrected chi connectivity index (χ1v) is 11.4. The molecule has 1 unspecified atom stereocenters. The molecule has 162 valence electrons. The van der Waals surface area contributed by atoms with E-state index >= 15 is 0 Å². The standard InChI is InChI=1S/C30H32N2/c1-5-27(22(4)30-11-6-8-21(3)32-30)26-17-25-14-12-20(2)13-15-28(25)29(18-26)24-10-7-9-23(16-24)19-31/h5-11,14-18,20H,4,12-13,19,31H2,1-3H3/b27-5+. The summed E-state index contributed by atoms with van der Waals surface area (Å²) in [4.78, 5) is 4.71. The first kappa shape index (κ1) is 22.0. The molecule has 0 amide bonds. The van der Waals surface area contributed by atoms with Gasteiger partial charge in [-0.1, -0.05) is 56.0 Å². The van der Waals surface area contributed by atoms with Crippen LogP contribution in [0.3, 0.4) is 0 Å². The lowest BCUT2D eigenvalue weighted by atomic mass is 9.90. The zero-order valence-corrected chi connectivity index (χ0v) is 19.4. The number of allylic oxidation sites excluding steroid dienone is 3. The molecule has 2 aromatic carbocycles. The molecule has 32 heavy (non-hydrogen) atoms. The van der Waals surface area contributed by atoms with Gasteiger partial charge in [-0.25, -0.2) is 0 Å². The lowest BCUT2D eigenvalue weighted by Gasteiger charge is -2.15. The number of aromatic nitrogens is 1. The van der Waals surface area contributed by atoms with Crippen LogP contribution in [0.25, 0.3) is 34.4 Å². The summed E-state index contributed by atoms with van der Waals surface area (Å²) in [5, 5.41) is 2.62. The van der Waals surface area contributed by atoms with Crippen molar-refractivity contribution in [3.63, 3.8) is 0 Å². The number of aryl methyl sites for hydroxylation is 1. The first-order chi connectivity index (χ1) is 15.5. The van der Waals surface area contributed by atoms with Crippen LogP contribution in [-0.4, -0.2) is 4.98 Å². The Kier molecular flexibility index (Phi) is 6.53. The number of pyridine rings is 1. The quantitative estimate of drug-likeness (QED) is 0.544. The third kappa shape index (κ3) is 4.51. The van der Waals surface area contributed by atoms with Gasteiger partial charge in [-0.05, 0) is 101 Å². The van der Waals surface area contributed by atoms with Crippen molar-refractivity contribution in [2.75, 3.05) is 0 Å². The number of hydrogen-bond acceptors (Lipinski definition) is 2. The predicted octanol–water partition coefficient (Wildman–Crippen LogP) is 5.62. The molecule has 2 heteroatoms. The van der Waals surface area contributed by atoms with Gasteiger partial charge in [0.15, 0.2) is 0 Å². The molecule has 0 saturated carbocycles. The topological polar surface area (TPSA) is 38.9 Å². The van der Waals surface area contributed by atoms with Gasteiger partial charge in [0, 0.05) is 17.8 Å². The molecule has 1 aromatic heterocycles. The summed E-state index contributed by atoms with van der Waals surface area (Å²) in [7, 11) is 0. The SMILES string of the molecule is C=C(/C(=C\C)c1cc(-c2cccc(CN)c2)c2c(c1)=CCC(C)CC=2)c1cccc(C)n1. The Morgan fingerprint density at radius 1 is 1.09 bits per heavy atom. The van der Waals surface area contributed by atoms with Gasteiger partial charge in [0.25, 0.3) is 0 Å². The van der Waals surface area contributed by atoms with E-state index in [0.717, 1.165) is 40.9 Å². The van der Waals surface area contributed by atoms with Gasteiger partial charge in [-0.2, -0.15) is 0 Å². The van der Waals surface area contributed by atoms with Gasteiger partial charge in [-0.3, -0.25) is 4.98 Å². The van der Waals surface area contributed by atoms with E-state index in [0.29, 0.717) is 12.5 Å². The second-order valence-electron chi connectivity index (χ2n) is 8.76. The van der Waals surface area contributed by atoms with Crippen LogP contribution in [0.2, 0.25) is 0 Å². The molecule has 0 fully saturated rings. The third-order valence-corrected chi connectivity index (χ3v) is 6.27. The molecular weight excluding hydrogens is 388 g/mol. The largest absolute Gasteiger partial charge is 0.326 e. The highest BCUT2D eigenvalue weighted by Crippen LogP contribution is 2.30. The molecule has 0 aliphatic heterocycles. The number of rotatable bonds is 5. The van der Waals surface area contributed by atoms with E-state index in [4.69, 9.17) is 10.7 Å². The fraction of sp³-hybridized carbons (Fsp3) is 0.233. The number of nitrogens with zero attached hydrogens (tertiary/aromatic N) is 1. The summed E-state index contributed by atoms with van der Waals surface area (Å²) in [5.41, 5.74) is 14.7. The molecule has 0 radical (unpaired) electrons. The van der Waals surface area contributed by atoms with Crippen molar-refractivity contribution >= 4 is 23.3 Å². The minimum absolute atomic E-state index is 0.540. The summed E-state index contributed by atoms with van der Waals surface area (Å²) in [5.74, 6) is 0.640. The molecule has 1 aliphatic rings. The van der Waals surface area contributed by atoms with Crippen molar-refractivity contribution in [2.45, 2.75) is 40.2 Å². The van der Waals surface area contributed by atoms with Gasteiger partial charge in [0.2, 0.25) is 0 Å². The van der Waals surface area contributed by atoms with Gasteiger partial charge >= 0.3 is 0 Å². The van der Waals surface area contributed by atoms with E-state index in [1.807, 2.05) is 25.1 Å². The van der Waals surface area contributed by atoms with E-state index in [9.17, 15) is 0 Å². The van der Waals surface area contributed by atoms with Crippen molar-refractivity contribution in [1.82, 2.24) is 4.98 Å². The van der Waals surface area contributed by atoms with E-state index in [2.05, 4.69) is 75.1 Å². The van der Waals surface area contributed by atoms with E-state index in [1.165, 1.54) is 27.1 Å². The Labute approximate surface area is 191 Å². The second-order valence-corrected chi connectivity index (χ2v) is 8.76. The molecule has 1 atom stereocenters. The Bertz CT molecular complexity index is 1310. The van der Waals surface area contributed by atoms with Crippen LogP contribution in [0.4, 0.5) is 0 Å². The Morgan fingerprint density at radius 3 is 2.62 bits per heavy atom. The summed E-state index contributed by atoms with van der Waals surface area (Å²) in [6.07, 6.45) is 9.12. The monoisotopic (exact) mass is 420 g/mol. The molecule has 1 aliphatic carbocycles. The average Bonchev–Trinajstić information content (AvgIpc) is 3.00. The van der Waals surface area contributed by atoms with Crippen molar-refractivity contribution in [2.24, 2.45) is 11.7 Å². The van der Waals surface area contributed by atoms with Gasteiger partial charge < -0.3 is 5.73 Å². The van der Waals surface area contributed by atoms with E-state index < -0.39 is 0 Å². The van der Waals surface area contributed by atoms with Gasteiger partial charge in [0.05, 0.1) is 5.69 Å². The van der Waals surface area contributed by atoms with Crippen molar-refractivity contribution < 1.29 is 0 Å². The molecule has 0 bridgehead atoms. The lowest BCUT2D eigenvalue weighted by Crippen LogP contribution is -2.27. The summed E-state index contributed by atoms with van der Waals surface area (Å²) in [6.45, 7) is 11.4. The fourth-order valence-corrected chi connectivity index (χ4v) is 4.44. The van der Waals surface area contributed by atoms with Crippen LogP contribution < -0.4 is 16.2 Å². The minimum Gasteiger partial charge on any atom is -0.326 e. The smallest absolute Gasteiger partial charge is 0.0705 e. The summed E-state index contributed by atoms with van der Waals surface area (Å²) < 4.78 is 0. The molecule has 0 spiro atoms. The fourth-order valence-electron chi connectivity index (χ4n) is 4.44. The maximum atomic E-state index is 5.95. The van der Waals surface area contributed by atoms with Gasteiger partial charge in [-0.15, -0.1) is 0 Å². The van der Waals surface area contributed by atoms with Gasteiger partial charge in [0.1, 0.15) is 0 Å². The number of fused-ring (bicyclic) bond motifs is 1. The molecular formula is C30H32N2. The van der Waals surface area contributed by atoms with Crippen LogP contribution in [0, 0.1) is 12.8 Å². The zero-order chi connectivity index (χ0) is 22.7. The summed E-state index contributed by atoms with van der Waals surface area (Å²) >= 11 is 0. The van der Waals surface area contributed by atoms with Crippen molar-refractivity contribution in [1.29, 1.82) is 0 Å². The first-order valence-electron chi connectivity index (χ1n) is 11.4. The maximum absolute atomic E-state index is 5.95. The van der Waals surface area contributed by atoms with Crippen LogP contribution in [0.1, 0.15) is 49.2 Å². The summed E-state index contributed by atoms with van der Waals surface area (Å²) in [6, 6.07) is 19.3. The molecule has 3 aromatic rings. The van der Waals surface area contributed by atoms with Crippen molar-refractivity contribution in [3.05, 3.63) is 100 Å². The maximum Gasteiger partial charge on any atom is 0.0705 e. The number of nitrogens with two attached hydrogens (primary N) is 1. The Morgan fingerprint density at radius 2 is 1.88 bits per heavy atom. The Balaban J connectivity index is 1.93. The average molecular weight is 421 g/mol. The predicted molar refractivity (Wildman–Crippen MR) is 138 cm³/mol. The van der Waals surface area contributed by atoms with Crippen LogP contribution >= 0.6 is 0 Å². The second kappa shape index (κ2) is 9.50. The normalized spacial score (nSPS) is 15.9. The molecule has 2 nitrogen and oxygen atoms in total. The molecule has 1 heterocycles. The van der Waals surface area contributed by atoms with Crippen LogP contribution in [0.5, 0.6) is 0 Å².